The molecule has 0 radical (unpaired) electrons. The molecule has 0 bridgehead atoms. The van der Waals surface area contributed by atoms with Crippen LogP contribution in [0.25, 0.3) is 83.4 Å². The predicted octanol–water partition coefficient (Wildman–Crippen LogP) is 9.65. The van der Waals surface area contributed by atoms with Gasteiger partial charge in [-0.3, -0.25) is 9.38 Å². The van der Waals surface area contributed by atoms with Gasteiger partial charge in [-0.05, 0) is 41.8 Å². The molecule has 0 amide bonds. The van der Waals surface area contributed by atoms with Crippen LogP contribution in [0.15, 0.2) is 152 Å². The van der Waals surface area contributed by atoms with Gasteiger partial charge in [0.25, 0.3) is 0 Å². The molecule has 0 saturated carbocycles. The third-order valence-electron chi connectivity index (χ3n) is 8.42. The maximum absolute atomic E-state index is 5.21. The van der Waals surface area contributed by atoms with Crippen LogP contribution in [0.4, 0.5) is 0 Å². The fourth-order valence-corrected chi connectivity index (χ4v) is 6.19. The number of fused-ring (bicyclic) bond motifs is 5. The maximum atomic E-state index is 5.21. The zero-order valence-electron chi connectivity index (χ0n) is 24.2. The first-order chi connectivity index (χ1) is 22.3. The van der Waals surface area contributed by atoms with Gasteiger partial charge in [0.05, 0.1) is 33.8 Å². The Morgan fingerprint density at radius 1 is 0.422 bits per heavy atom. The van der Waals surface area contributed by atoms with E-state index in [0.29, 0.717) is 0 Å². The Balaban J connectivity index is 1.20. The first-order valence-corrected chi connectivity index (χ1v) is 15.0. The van der Waals surface area contributed by atoms with Gasteiger partial charge in [0.1, 0.15) is 11.3 Å². The molecule has 0 fully saturated rings. The molecule has 4 aromatic carbocycles. The van der Waals surface area contributed by atoms with Crippen molar-refractivity contribution in [3.63, 3.8) is 0 Å². The monoisotopic (exact) mass is 575 g/mol. The molecule has 210 valence electrons. The zero-order valence-corrected chi connectivity index (χ0v) is 24.2. The number of nitrogens with zero attached hydrogens (tertiary/aromatic N) is 5. The molecule has 5 heterocycles. The van der Waals surface area contributed by atoms with Crippen LogP contribution in [-0.2, 0) is 0 Å². The van der Waals surface area contributed by atoms with E-state index in [0.717, 1.165) is 83.4 Å². The predicted molar refractivity (Wildman–Crippen MR) is 183 cm³/mol. The molecule has 0 unspecified atom stereocenters. The topological polar surface area (TPSA) is 56.0 Å². The molecule has 5 heteroatoms. The van der Waals surface area contributed by atoms with Gasteiger partial charge in [-0.15, -0.1) is 0 Å². The van der Waals surface area contributed by atoms with Crippen LogP contribution in [0.2, 0.25) is 0 Å². The summed E-state index contributed by atoms with van der Waals surface area (Å²) in [5.41, 5.74) is 10.3. The molecular weight excluding hydrogens is 550 g/mol. The lowest BCUT2D eigenvalue weighted by atomic mass is 10.0. The third-order valence-corrected chi connectivity index (χ3v) is 8.42. The molecule has 9 rings (SSSR count). The lowest BCUT2D eigenvalue weighted by Crippen LogP contribution is -1.93. The normalized spacial score (nSPS) is 11.6. The van der Waals surface area contributed by atoms with Crippen LogP contribution in [0.3, 0.4) is 0 Å². The lowest BCUT2D eigenvalue weighted by molar-refractivity contribution is 1.19. The van der Waals surface area contributed by atoms with Gasteiger partial charge in [0.2, 0.25) is 0 Å². The summed E-state index contributed by atoms with van der Waals surface area (Å²) >= 11 is 0. The van der Waals surface area contributed by atoms with Gasteiger partial charge in [-0.1, -0.05) is 103 Å². The van der Waals surface area contributed by atoms with Gasteiger partial charge < -0.3 is 0 Å². The highest BCUT2D eigenvalue weighted by Crippen LogP contribution is 2.35. The Kier molecular flexibility index (Phi) is 5.74. The largest absolute Gasteiger partial charge is 0.299 e. The Morgan fingerprint density at radius 2 is 1.07 bits per heavy atom. The van der Waals surface area contributed by atoms with E-state index in [-0.39, 0.29) is 0 Å². The molecular formula is C40H25N5. The molecule has 9 aromatic rings. The third kappa shape index (κ3) is 4.33. The molecule has 5 nitrogen and oxygen atoms in total. The minimum Gasteiger partial charge on any atom is -0.299 e. The van der Waals surface area contributed by atoms with Crippen molar-refractivity contribution in [3.05, 3.63) is 152 Å². The highest BCUT2D eigenvalue weighted by Gasteiger charge is 2.18. The van der Waals surface area contributed by atoms with Crippen molar-refractivity contribution in [2.45, 2.75) is 0 Å². The molecule has 0 saturated heterocycles. The second-order valence-electron chi connectivity index (χ2n) is 11.2. The van der Waals surface area contributed by atoms with Crippen LogP contribution in [-0.4, -0.2) is 24.3 Å². The summed E-state index contributed by atoms with van der Waals surface area (Å²) < 4.78 is 2.14. The molecule has 0 spiro atoms. The molecule has 0 aliphatic carbocycles. The average Bonchev–Trinajstić information content (AvgIpc) is 3.51. The maximum Gasteiger partial charge on any atom is 0.138 e. The number of hydrogen-bond donors (Lipinski definition) is 0. The van der Waals surface area contributed by atoms with Crippen molar-refractivity contribution < 1.29 is 0 Å². The molecule has 0 atom stereocenters. The first-order valence-electron chi connectivity index (χ1n) is 15.0. The highest BCUT2D eigenvalue weighted by molar-refractivity contribution is 6.04. The number of aromatic nitrogens is 5. The standard InChI is InChI=1S/C40H25N5/c1-2-9-26(10-3-1)33-20-18-27-16-17-28-19-21-34(43-38(28)37(27)42-33)30-13-8-14-31(23-30)40-39(44-36-15-6-7-22-45(36)40)35-24-29-11-4-5-12-32(29)25-41-35/h1-25H. The van der Waals surface area contributed by atoms with Crippen LogP contribution in [0.1, 0.15) is 0 Å². The van der Waals surface area contributed by atoms with Crippen LogP contribution in [0.5, 0.6) is 0 Å². The fraction of sp³-hybridized carbons (Fsp3) is 0. The summed E-state index contributed by atoms with van der Waals surface area (Å²) in [5.74, 6) is 0. The van der Waals surface area contributed by atoms with E-state index in [1.165, 1.54) is 0 Å². The Labute approximate surface area is 259 Å². The Hall–Kier alpha value is -6.20. The molecule has 0 aliphatic heterocycles. The molecule has 5 aromatic heterocycles. The summed E-state index contributed by atoms with van der Waals surface area (Å²) in [5, 5.41) is 4.37. The molecule has 0 aliphatic rings. The van der Waals surface area contributed by atoms with E-state index in [2.05, 4.69) is 108 Å². The SMILES string of the molecule is c1ccc(-c2ccc3ccc4ccc(-c5cccc(-c6c(-c7cc8ccccc8cn7)nc7ccccn67)c5)nc4c3n2)cc1. The molecule has 45 heavy (non-hydrogen) atoms. The van der Waals surface area contributed by atoms with E-state index in [1.54, 1.807) is 0 Å². The van der Waals surface area contributed by atoms with E-state index < -0.39 is 0 Å². The van der Waals surface area contributed by atoms with E-state index in [1.807, 2.05) is 48.7 Å². The van der Waals surface area contributed by atoms with Crippen molar-refractivity contribution in [2.24, 2.45) is 0 Å². The Morgan fingerprint density at radius 3 is 1.87 bits per heavy atom. The summed E-state index contributed by atoms with van der Waals surface area (Å²) in [4.78, 5) is 20.2. The van der Waals surface area contributed by atoms with Crippen LogP contribution >= 0.6 is 0 Å². The van der Waals surface area contributed by atoms with Crippen LogP contribution in [0, 0.1) is 0 Å². The summed E-state index contributed by atoms with van der Waals surface area (Å²) in [6, 6.07) is 48.0. The van der Waals surface area contributed by atoms with Gasteiger partial charge in [-0.25, -0.2) is 15.0 Å². The minimum atomic E-state index is 0.841. The number of pyridine rings is 4. The van der Waals surface area contributed by atoms with E-state index >= 15 is 0 Å². The second-order valence-corrected chi connectivity index (χ2v) is 11.2. The van der Waals surface area contributed by atoms with Crippen molar-refractivity contribution >= 4 is 38.2 Å². The second kappa shape index (κ2) is 10.2. The van der Waals surface area contributed by atoms with E-state index in [4.69, 9.17) is 19.9 Å². The fourth-order valence-electron chi connectivity index (χ4n) is 6.19. The number of benzene rings is 4. The van der Waals surface area contributed by atoms with Gasteiger partial charge in [0.15, 0.2) is 0 Å². The first kappa shape index (κ1) is 25.3. The van der Waals surface area contributed by atoms with Gasteiger partial charge in [-0.2, -0.15) is 0 Å². The van der Waals surface area contributed by atoms with Crippen molar-refractivity contribution in [2.75, 3.05) is 0 Å². The van der Waals surface area contributed by atoms with Crippen molar-refractivity contribution in [1.29, 1.82) is 0 Å². The quantitative estimate of drug-likeness (QED) is 0.196. The number of hydrogen-bond acceptors (Lipinski definition) is 4. The van der Waals surface area contributed by atoms with Crippen molar-refractivity contribution in [1.82, 2.24) is 24.3 Å². The smallest absolute Gasteiger partial charge is 0.138 e. The number of rotatable bonds is 4. The van der Waals surface area contributed by atoms with Gasteiger partial charge in [0, 0.05) is 45.2 Å². The minimum absolute atomic E-state index is 0.841. The Bertz CT molecular complexity index is 2550. The van der Waals surface area contributed by atoms with E-state index in [9.17, 15) is 0 Å². The van der Waals surface area contributed by atoms with Gasteiger partial charge >= 0.3 is 0 Å². The van der Waals surface area contributed by atoms with Crippen molar-refractivity contribution in [3.8, 4) is 45.2 Å². The lowest BCUT2D eigenvalue weighted by Gasteiger charge is -2.10. The summed E-state index contributed by atoms with van der Waals surface area (Å²) in [6.45, 7) is 0. The van der Waals surface area contributed by atoms with Crippen LogP contribution < -0.4 is 0 Å². The summed E-state index contributed by atoms with van der Waals surface area (Å²) in [7, 11) is 0. The zero-order chi connectivity index (χ0) is 29.7. The number of imidazole rings is 1. The molecule has 0 N–H and O–H groups in total. The average molecular weight is 576 g/mol. The summed E-state index contributed by atoms with van der Waals surface area (Å²) in [6.07, 6.45) is 3.99. The highest BCUT2D eigenvalue weighted by atomic mass is 15.0.